The van der Waals surface area contributed by atoms with Crippen molar-refractivity contribution in [3.8, 4) is 0 Å². The SMILES string of the molecule is C=CCNC(=NCC(=O)N(C)C)N(C)Cc1ccccc1Cl.I. The van der Waals surface area contributed by atoms with Crippen molar-refractivity contribution in [3.63, 3.8) is 0 Å². The van der Waals surface area contributed by atoms with Crippen molar-refractivity contribution in [2.45, 2.75) is 6.54 Å². The third-order valence-corrected chi connectivity index (χ3v) is 3.36. The second-order valence-corrected chi connectivity index (χ2v) is 5.45. The van der Waals surface area contributed by atoms with E-state index in [4.69, 9.17) is 11.6 Å². The van der Waals surface area contributed by atoms with Crippen molar-refractivity contribution in [2.24, 2.45) is 4.99 Å². The van der Waals surface area contributed by atoms with Gasteiger partial charge in [-0.2, -0.15) is 0 Å². The molecule has 0 spiro atoms. The van der Waals surface area contributed by atoms with E-state index in [1.807, 2.05) is 36.2 Å². The lowest BCUT2D eigenvalue weighted by Gasteiger charge is -2.23. The van der Waals surface area contributed by atoms with Gasteiger partial charge in [-0.25, -0.2) is 4.99 Å². The molecule has 1 aromatic carbocycles. The van der Waals surface area contributed by atoms with Gasteiger partial charge in [-0.05, 0) is 11.6 Å². The molecule has 1 N–H and O–H groups in total. The second-order valence-electron chi connectivity index (χ2n) is 5.05. The van der Waals surface area contributed by atoms with Gasteiger partial charge in [0.15, 0.2) is 5.96 Å². The molecule has 0 atom stereocenters. The predicted octanol–water partition coefficient (Wildman–Crippen LogP) is 2.61. The maximum absolute atomic E-state index is 11.7. The number of hydrogen-bond acceptors (Lipinski definition) is 2. The maximum Gasteiger partial charge on any atom is 0.243 e. The minimum atomic E-state index is -0.0518. The van der Waals surface area contributed by atoms with Crippen LogP contribution in [0.5, 0.6) is 0 Å². The van der Waals surface area contributed by atoms with E-state index in [0.29, 0.717) is 24.1 Å². The quantitative estimate of drug-likeness (QED) is 0.314. The molecule has 0 radical (unpaired) electrons. The summed E-state index contributed by atoms with van der Waals surface area (Å²) in [6.45, 7) is 4.95. The third kappa shape index (κ3) is 7.69. The van der Waals surface area contributed by atoms with Gasteiger partial charge in [-0.1, -0.05) is 35.9 Å². The summed E-state index contributed by atoms with van der Waals surface area (Å²) in [5.41, 5.74) is 0.999. The molecule has 1 rings (SSSR count). The Balaban J connectivity index is 0.00000484. The van der Waals surface area contributed by atoms with Crippen LogP contribution < -0.4 is 5.32 Å². The number of hydrogen-bond donors (Lipinski definition) is 1. The molecule has 0 fully saturated rings. The van der Waals surface area contributed by atoms with Gasteiger partial charge < -0.3 is 15.1 Å². The predicted molar refractivity (Wildman–Crippen MR) is 108 cm³/mol. The molecule has 128 valence electrons. The van der Waals surface area contributed by atoms with Gasteiger partial charge in [0.1, 0.15) is 6.54 Å². The highest BCUT2D eigenvalue weighted by Gasteiger charge is 2.10. The first-order valence-corrected chi connectivity index (χ1v) is 7.37. The number of amides is 1. The van der Waals surface area contributed by atoms with Crippen LogP contribution in [-0.2, 0) is 11.3 Å². The summed E-state index contributed by atoms with van der Waals surface area (Å²) in [6, 6.07) is 7.66. The Labute approximate surface area is 160 Å². The summed E-state index contributed by atoms with van der Waals surface area (Å²) in [7, 11) is 5.32. The third-order valence-electron chi connectivity index (χ3n) is 2.99. The van der Waals surface area contributed by atoms with E-state index in [-0.39, 0.29) is 36.4 Å². The van der Waals surface area contributed by atoms with Gasteiger partial charge in [0.05, 0.1) is 0 Å². The summed E-state index contributed by atoms with van der Waals surface area (Å²) >= 11 is 6.18. The van der Waals surface area contributed by atoms with Crippen molar-refractivity contribution >= 4 is 47.4 Å². The van der Waals surface area contributed by atoms with Gasteiger partial charge in [0, 0.05) is 39.3 Å². The zero-order valence-corrected chi connectivity index (χ0v) is 16.8. The van der Waals surface area contributed by atoms with E-state index in [2.05, 4.69) is 16.9 Å². The second kappa shape index (κ2) is 11.3. The molecule has 0 heterocycles. The van der Waals surface area contributed by atoms with Crippen LogP contribution in [0, 0.1) is 0 Å². The molecule has 0 saturated heterocycles. The Bertz CT molecular complexity index is 549. The fourth-order valence-electron chi connectivity index (χ4n) is 1.72. The van der Waals surface area contributed by atoms with E-state index >= 15 is 0 Å². The summed E-state index contributed by atoms with van der Waals surface area (Å²) in [6.07, 6.45) is 1.74. The molecule has 1 amide bonds. The fourth-order valence-corrected chi connectivity index (χ4v) is 1.91. The molecular formula is C16H24ClIN4O. The number of carbonyl (C=O) groups excluding carboxylic acids is 1. The number of nitrogens with zero attached hydrogens (tertiary/aromatic N) is 3. The molecular weight excluding hydrogens is 427 g/mol. The van der Waals surface area contributed by atoms with Crippen molar-refractivity contribution in [1.82, 2.24) is 15.1 Å². The Kier molecular flexibility index (Phi) is 10.7. The summed E-state index contributed by atoms with van der Waals surface area (Å²) in [5.74, 6) is 0.582. The van der Waals surface area contributed by atoms with Crippen LogP contribution in [0.25, 0.3) is 0 Å². The largest absolute Gasteiger partial charge is 0.353 e. The van der Waals surface area contributed by atoms with E-state index in [9.17, 15) is 4.79 Å². The Morgan fingerprint density at radius 3 is 2.57 bits per heavy atom. The van der Waals surface area contributed by atoms with Crippen molar-refractivity contribution in [3.05, 3.63) is 47.5 Å². The number of likely N-dealkylation sites (N-methyl/N-ethyl adjacent to an activating group) is 1. The first-order chi connectivity index (χ1) is 10.5. The summed E-state index contributed by atoms with van der Waals surface area (Å²) in [4.78, 5) is 19.5. The monoisotopic (exact) mass is 450 g/mol. The summed E-state index contributed by atoms with van der Waals surface area (Å²) < 4.78 is 0. The van der Waals surface area contributed by atoms with Gasteiger partial charge in [-0.15, -0.1) is 30.6 Å². The number of nitrogens with one attached hydrogen (secondary N) is 1. The number of guanidine groups is 1. The molecule has 0 unspecified atom stereocenters. The maximum atomic E-state index is 11.7. The Morgan fingerprint density at radius 1 is 1.35 bits per heavy atom. The lowest BCUT2D eigenvalue weighted by atomic mass is 10.2. The lowest BCUT2D eigenvalue weighted by molar-refractivity contribution is -0.127. The fraction of sp³-hybridized carbons (Fsp3) is 0.375. The van der Waals surface area contributed by atoms with Crippen molar-refractivity contribution in [2.75, 3.05) is 34.2 Å². The smallest absolute Gasteiger partial charge is 0.243 e. The topological polar surface area (TPSA) is 47.9 Å². The highest BCUT2D eigenvalue weighted by molar-refractivity contribution is 14.0. The van der Waals surface area contributed by atoms with Gasteiger partial charge in [0.25, 0.3) is 0 Å². The van der Waals surface area contributed by atoms with Crippen LogP contribution in [0.2, 0.25) is 5.02 Å². The van der Waals surface area contributed by atoms with Crippen LogP contribution in [0.4, 0.5) is 0 Å². The molecule has 0 bridgehead atoms. The van der Waals surface area contributed by atoms with E-state index in [0.717, 1.165) is 5.56 Å². The molecule has 0 aliphatic carbocycles. The highest BCUT2D eigenvalue weighted by atomic mass is 127. The molecule has 0 aromatic heterocycles. The van der Waals surface area contributed by atoms with E-state index in [1.165, 1.54) is 4.90 Å². The van der Waals surface area contributed by atoms with Crippen LogP contribution in [-0.4, -0.2) is 55.9 Å². The number of aliphatic imine (C=N–C) groups is 1. The van der Waals surface area contributed by atoms with Gasteiger partial charge in [0.2, 0.25) is 5.91 Å². The van der Waals surface area contributed by atoms with E-state index in [1.54, 1.807) is 20.2 Å². The van der Waals surface area contributed by atoms with Crippen LogP contribution in [0.1, 0.15) is 5.56 Å². The first-order valence-electron chi connectivity index (χ1n) is 6.99. The zero-order valence-electron chi connectivity index (χ0n) is 13.8. The minimum absolute atomic E-state index is 0. The van der Waals surface area contributed by atoms with Crippen LogP contribution >= 0.6 is 35.6 Å². The average Bonchev–Trinajstić information content (AvgIpc) is 2.49. The molecule has 1 aromatic rings. The highest BCUT2D eigenvalue weighted by Crippen LogP contribution is 2.16. The molecule has 0 aliphatic rings. The number of rotatable bonds is 6. The van der Waals surface area contributed by atoms with Gasteiger partial charge in [-0.3, -0.25) is 4.79 Å². The van der Waals surface area contributed by atoms with Crippen molar-refractivity contribution in [1.29, 1.82) is 0 Å². The molecule has 23 heavy (non-hydrogen) atoms. The zero-order chi connectivity index (χ0) is 16.5. The minimum Gasteiger partial charge on any atom is -0.353 e. The van der Waals surface area contributed by atoms with E-state index < -0.39 is 0 Å². The summed E-state index contributed by atoms with van der Waals surface area (Å²) in [5, 5.41) is 3.86. The molecule has 0 aliphatic heterocycles. The average molecular weight is 451 g/mol. The van der Waals surface area contributed by atoms with Crippen LogP contribution in [0.3, 0.4) is 0 Å². The molecule has 0 saturated carbocycles. The number of benzene rings is 1. The number of carbonyl (C=O) groups is 1. The normalized spacial score (nSPS) is 10.5. The molecule has 5 nitrogen and oxygen atoms in total. The van der Waals surface area contributed by atoms with Gasteiger partial charge >= 0.3 is 0 Å². The van der Waals surface area contributed by atoms with Crippen LogP contribution in [0.15, 0.2) is 41.9 Å². The molecule has 7 heteroatoms. The standard InChI is InChI=1S/C16H23ClN4O.HI/c1-5-10-18-16(19-11-15(22)20(2)3)21(4)12-13-8-6-7-9-14(13)17;/h5-9H,1,10-12H2,2-4H3,(H,18,19);1H. The lowest BCUT2D eigenvalue weighted by Crippen LogP contribution is -2.39. The first kappa shape index (κ1) is 21.7. The Hall–Kier alpha value is -1.28. The number of halogens is 2. The Morgan fingerprint density at radius 2 is 2.00 bits per heavy atom. The van der Waals surface area contributed by atoms with Crippen molar-refractivity contribution < 1.29 is 4.79 Å².